The van der Waals surface area contributed by atoms with E-state index in [1.807, 2.05) is 0 Å². The van der Waals surface area contributed by atoms with E-state index in [1.54, 1.807) is 0 Å². The molecule has 0 saturated heterocycles. The quantitative estimate of drug-likeness (QED) is 0.622. The van der Waals surface area contributed by atoms with Crippen LogP contribution in [0, 0.1) is 0 Å². The number of phenolic OH excluding ortho intramolecular Hbond substituents is 2. The van der Waals surface area contributed by atoms with E-state index in [2.05, 4.69) is 15.9 Å². The van der Waals surface area contributed by atoms with Gasteiger partial charge in [0, 0.05) is 12.1 Å². The van der Waals surface area contributed by atoms with Crippen LogP contribution in [0.25, 0.3) is 0 Å². The van der Waals surface area contributed by atoms with Crippen LogP contribution in [0.3, 0.4) is 0 Å². The third kappa shape index (κ3) is 1.64. The van der Waals surface area contributed by atoms with Gasteiger partial charge in [-0.2, -0.15) is 0 Å². The molecule has 0 heterocycles. The van der Waals surface area contributed by atoms with Crippen LogP contribution in [0.1, 0.15) is 5.56 Å². The molecule has 1 aromatic rings. The molecule has 4 heteroatoms. The van der Waals surface area contributed by atoms with E-state index in [1.165, 1.54) is 12.1 Å². The third-order valence-corrected chi connectivity index (χ3v) is 1.95. The van der Waals surface area contributed by atoms with Crippen molar-refractivity contribution in [3.8, 4) is 11.5 Å². The lowest BCUT2D eigenvalue weighted by atomic mass is 10.2. The van der Waals surface area contributed by atoms with Gasteiger partial charge in [-0.1, -0.05) is 0 Å². The summed E-state index contributed by atoms with van der Waals surface area (Å²) in [5, 5.41) is 18.3. The minimum atomic E-state index is 0.0882. The standard InChI is InChI=1S/C7H8BrNO2/c8-6-2-5(10)1-4(3-9)7(6)11/h1-2,10-11H,3,9H2. The summed E-state index contributed by atoms with van der Waals surface area (Å²) >= 11 is 3.07. The zero-order valence-electron chi connectivity index (χ0n) is 5.71. The minimum Gasteiger partial charge on any atom is -0.508 e. The Bertz CT molecular complexity index is 275. The minimum absolute atomic E-state index is 0.0882. The summed E-state index contributed by atoms with van der Waals surface area (Å²) in [6.07, 6.45) is 0. The molecule has 0 spiro atoms. The van der Waals surface area contributed by atoms with Gasteiger partial charge in [0.15, 0.2) is 0 Å². The van der Waals surface area contributed by atoms with Gasteiger partial charge >= 0.3 is 0 Å². The van der Waals surface area contributed by atoms with E-state index in [0.717, 1.165) is 0 Å². The molecule has 4 N–H and O–H groups in total. The first-order chi connectivity index (χ1) is 5.15. The van der Waals surface area contributed by atoms with Crippen molar-refractivity contribution >= 4 is 15.9 Å². The number of phenols is 2. The molecular formula is C7H8BrNO2. The lowest BCUT2D eigenvalue weighted by Crippen LogP contribution is -1.96. The molecule has 60 valence electrons. The van der Waals surface area contributed by atoms with Crippen LogP contribution in [0.2, 0.25) is 0 Å². The zero-order chi connectivity index (χ0) is 8.43. The highest BCUT2D eigenvalue weighted by Crippen LogP contribution is 2.31. The number of hydrogen-bond acceptors (Lipinski definition) is 3. The van der Waals surface area contributed by atoms with E-state index in [0.29, 0.717) is 10.0 Å². The van der Waals surface area contributed by atoms with Gasteiger partial charge in [0.2, 0.25) is 0 Å². The van der Waals surface area contributed by atoms with E-state index >= 15 is 0 Å². The Morgan fingerprint density at radius 3 is 2.55 bits per heavy atom. The first-order valence-electron chi connectivity index (χ1n) is 3.05. The fraction of sp³-hybridized carbons (Fsp3) is 0.143. The zero-order valence-corrected chi connectivity index (χ0v) is 7.30. The lowest BCUT2D eigenvalue weighted by Gasteiger charge is -2.03. The third-order valence-electron chi connectivity index (χ3n) is 1.35. The highest BCUT2D eigenvalue weighted by Gasteiger charge is 2.05. The summed E-state index contributed by atoms with van der Waals surface area (Å²) in [4.78, 5) is 0. The Morgan fingerprint density at radius 1 is 1.36 bits per heavy atom. The van der Waals surface area contributed by atoms with Crippen LogP contribution in [0.15, 0.2) is 16.6 Å². The van der Waals surface area contributed by atoms with Crippen LogP contribution in [0.4, 0.5) is 0 Å². The van der Waals surface area contributed by atoms with Crippen molar-refractivity contribution in [1.82, 2.24) is 0 Å². The van der Waals surface area contributed by atoms with E-state index < -0.39 is 0 Å². The predicted octanol–water partition coefficient (Wildman–Crippen LogP) is 1.32. The second kappa shape index (κ2) is 3.11. The van der Waals surface area contributed by atoms with Gasteiger partial charge in [-0.15, -0.1) is 0 Å². The molecule has 11 heavy (non-hydrogen) atoms. The van der Waals surface area contributed by atoms with Gasteiger partial charge in [-0.05, 0) is 28.1 Å². The summed E-state index contributed by atoms with van der Waals surface area (Å²) in [6.45, 7) is 0.207. The normalized spacial score (nSPS) is 10.0. The maximum atomic E-state index is 9.28. The van der Waals surface area contributed by atoms with Gasteiger partial charge in [0.1, 0.15) is 11.5 Å². The van der Waals surface area contributed by atoms with Crippen molar-refractivity contribution in [3.63, 3.8) is 0 Å². The Morgan fingerprint density at radius 2 is 2.00 bits per heavy atom. The summed E-state index contributed by atoms with van der Waals surface area (Å²) in [5.41, 5.74) is 5.82. The maximum absolute atomic E-state index is 9.28. The molecule has 0 bridgehead atoms. The van der Waals surface area contributed by atoms with Gasteiger partial charge in [-0.25, -0.2) is 0 Å². The largest absolute Gasteiger partial charge is 0.508 e. The molecule has 0 fully saturated rings. The van der Waals surface area contributed by atoms with E-state index in [4.69, 9.17) is 10.8 Å². The molecule has 3 nitrogen and oxygen atoms in total. The van der Waals surface area contributed by atoms with Crippen LogP contribution >= 0.6 is 15.9 Å². The first-order valence-corrected chi connectivity index (χ1v) is 3.85. The Kier molecular flexibility index (Phi) is 2.36. The molecule has 0 atom stereocenters. The molecule has 1 rings (SSSR count). The summed E-state index contributed by atoms with van der Waals surface area (Å²) in [6, 6.07) is 2.84. The van der Waals surface area contributed by atoms with Gasteiger partial charge in [0.05, 0.1) is 4.47 Å². The van der Waals surface area contributed by atoms with Crippen molar-refractivity contribution in [2.75, 3.05) is 0 Å². The maximum Gasteiger partial charge on any atom is 0.134 e. The van der Waals surface area contributed by atoms with Crippen LogP contribution in [-0.2, 0) is 6.54 Å². The lowest BCUT2D eigenvalue weighted by molar-refractivity contribution is 0.451. The fourth-order valence-corrected chi connectivity index (χ4v) is 1.28. The second-order valence-corrected chi connectivity index (χ2v) is 2.99. The molecule has 0 amide bonds. The molecule has 0 saturated carbocycles. The highest BCUT2D eigenvalue weighted by atomic mass is 79.9. The number of aromatic hydroxyl groups is 2. The van der Waals surface area contributed by atoms with E-state index in [-0.39, 0.29) is 18.0 Å². The molecule has 0 aromatic heterocycles. The van der Waals surface area contributed by atoms with Crippen molar-refractivity contribution in [2.24, 2.45) is 5.73 Å². The molecule has 0 radical (unpaired) electrons. The fourth-order valence-electron chi connectivity index (χ4n) is 0.796. The summed E-state index contributed by atoms with van der Waals surface area (Å²) in [5.74, 6) is 0.181. The highest BCUT2D eigenvalue weighted by molar-refractivity contribution is 9.10. The monoisotopic (exact) mass is 217 g/mol. The number of hydrogen-bond donors (Lipinski definition) is 3. The number of rotatable bonds is 1. The topological polar surface area (TPSA) is 66.5 Å². The number of benzene rings is 1. The van der Waals surface area contributed by atoms with Gasteiger partial charge in [-0.3, -0.25) is 0 Å². The summed E-state index contributed by atoms with van der Waals surface area (Å²) < 4.78 is 0.456. The average Bonchev–Trinajstić information content (AvgIpc) is 1.96. The van der Waals surface area contributed by atoms with Crippen molar-refractivity contribution < 1.29 is 10.2 Å². The number of halogens is 1. The van der Waals surface area contributed by atoms with Crippen LogP contribution in [-0.4, -0.2) is 10.2 Å². The van der Waals surface area contributed by atoms with Crippen molar-refractivity contribution in [2.45, 2.75) is 6.54 Å². The Labute approximate surface area is 72.6 Å². The van der Waals surface area contributed by atoms with Gasteiger partial charge in [0.25, 0.3) is 0 Å². The summed E-state index contributed by atoms with van der Waals surface area (Å²) in [7, 11) is 0. The first kappa shape index (κ1) is 8.36. The molecule has 1 aromatic carbocycles. The average molecular weight is 218 g/mol. The van der Waals surface area contributed by atoms with Crippen LogP contribution < -0.4 is 5.73 Å². The molecule has 0 unspecified atom stereocenters. The smallest absolute Gasteiger partial charge is 0.134 e. The van der Waals surface area contributed by atoms with Crippen molar-refractivity contribution in [3.05, 3.63) is 22.2 Å². The molecule has 0 aliphatic heterocycles. The SMILES string of the molecule is NCc1cc(O)cc(Br)c1O. The van der Waals surface area contributed by atoms with Gasteiger partial charge < -0.3 is 15.9 Å². The molecular weight excluding hydrogens is 210 g/mol. The Balaban J connectivity index is 3.24. The second-order valence-electron chi connectivity index (χ2n) is 2.14. The predicted molar refractivity (Wildman–Crippen MR) is 45.4 cm³/mol. The Hall–Kier alpha value is -0.740. The van der Waals surface area contributed by atoms with Crippen molar-refractivity contribution in [1.29, 1.82) is 0 Å². The van der Waals surface area contributed by atoms with Crippen LogP contribution in [0.5, 0.6) is 11.5 Å². The molecule has 0 aliphatic carbocycles. The van der Waals surface area contributed by atoms with E-state index in [9.17, 15) is 5.11 Å². The molecule has 0 aliphatic rings. The number of nitrogens with two attached hydrogens (primary N) is 1.